The van der Waals surface area contributed by atoms with Crippen molar-refractivity contribution in [1.82, 2.24) is 0 Å². The van der Waals surface area contributed by atoms with E-state index in [1.807, 2.05) is 24.3 Å². The molecule has 110 valence electrons. The maximum absolute atomic E-state index is 10.6. The van der Waals surface area contributed by atoms with Gasteiger partial charge in [0.1, 0.15) is 5.75 Å². The molecule has 0 bridgehead atoms. The molecule has 0 unspecified atom stereocenters. The number of hydrogen-bond acceptors (Lipinski definition) is 3. The van der Waals surface area contributed by atoms with Crippen LogP contribution in [0.3, 0.4) is 0 Å². The van der Waals surface area contributed by atoms with E-state index in [0.29, 0.717) is 5.75 Å². The summed E-state index contributed by atoms with van der Waals surface area (Å²) in [6.45, 7) is 2.78. The van der Waals surface area contributed by atoms with Crippen LogP contribution in [-0.4, -0.2) is 12.5 Å². The van der Waals surface area contributed by atoms with Crippen molar-refractivity contribution in [3.63, 3.8) is 0 Å². The summed E-state index contributed by atoms with van der Waals surface area (Å²) < 4.78 is 5.22. The summed E-state index contributed by atoms with van der Waals surface area (Å²) in [6.07, 6.45) is 1.05. The predicted octanol–water partition coefficient (Wildman–Crippen LogP) is 2.73. The van der Waals surface area contributed by atoms with E-state index in [9.17, 15) is 4.79 Å². The molecule has 0 atom stereocenters. The lowest BCUT2D eigenvalue weighted by Crippen LogP contribution is -2.19. The van der Waals surface area contributed by atoms with E-state index in [0.717, 1.165) is 24.2 Å². The van der Waals surface area contributed by atoms with Gasteiger partial charge in [-0.05, 0) is 41.8 Å². The summed E-state index contributed by atoms with van der Waals surface area (Å²) in [5, 5.41) is 3.37. The van der Waals surface area contributed by atoms with Gasteiger partial charge in [-0.1, -0.05) is 31.2 Å². The first-order valence-electron chi connectivity index (χ1n) is 7.00. The summed E-state index contributed by atoms with van der Waals surface area (Å²) in [5.74, 6) is 0.168. The monoisotopic (exact) mass is 284 g/mol. The number of nitrogens with one attached hydrogen (secondary N) is 1. The largest absolute Gasteiger partial charge is 0.484 e. The van der Waals surface area contributed by atoms with Crippen LogP contribution in [0.15, 0.2) is 48.5 Å². The third-order valence-electron chi connectivity index (χ3n) is 3.16. The highest BCUT2D eigenvalue weighted by Crippen LogP contribution is 2.15. The van der Waals surface area contributed by atoms with Crippen molar-refractivity contribution in [2.45, 2.75) is 19.9 Å². The van der Waals surface area contributed by atoms with Crippen LogP contribution in [0.2, 0.25) is 0 Å². The van der Waals surface area contributed by atoms with Gasteiger partial charge in [0, 0.05) is 12.2 Å². The molecule has 0 heterocycles. The molecular weight excluding hydrogens is 264 g/mol. The molecule has 0 saturated heterocycles. The lowest BCUT2D eigenvalue weighted by molar-refractivity contribution is -0.119. The van der Waals surface area contributed by atoms with Crippen molar-refractivity contribution in [1.29, 1.82) is 0 Å². The Balaban J connectivity index is 1.86. The van der Waals surface area contributed by atoms with E-state index < -0.39 is 5.91 Å². The maximum atomic E-state index is 10.6. The lowest BCUT2D eigenvalue weighted by atomic mass is 10.1. The molecule has 0 spiro atoms. The van der Waals surface area contributed by atoms with E-state index in [2.05, 4.69) is 36.5 Å². The molecule has 2 aromatic rings. The van der Waals surface area contributed by atoms with Crippen molar-refractivity contribution >= 4 is 11.6 Å². The average molecular weight is 284 g/mol. The fraction of sp³-hybridized carbons (Fsp3) is 0.235. The van der Waals surface area contributed by atoms with Crippen LogP contribution >= 0.6 is 0 Å². The Morgan fingerprint density at radius 3 is 2.24 bits per heavy atom. The number of aryl methyl sites for hydroxylation is 1. The third kappa shape index (κ3) is 4.84. The first-order chi connectivity index (χ1) is 10.2. The second-order valence-electron chi connectivity index (χ2n) is 4.80. The van der Waals surface area contributed by atoms with E-state index in [4.69, 9.17) is 10.5 Å². The Morgan fingerprint density at radius 2 is 1.67 bits per heavy atom. The van der Waals surface area contributed by atoms with Gasteiger partial charge in [-0.2, -0.15) is 0 Å². The summed E-state index contributed by atoms with van der Waals surface area (Å²) in [4.78, 5) is 10.6. The molecule has 21 heavy (non-hydrogen) atoms. The highest BCUT2D eigenvalue weighted by atomic mass is 16.5. The van der Waals surface area contributed by atoms with Crippen molar-refractivity contribution < 1.29 is 9.53 Å². The van der Waals surface area contributed by atoms with Gasteiger partial charge in [-0.15, -0.1) is 0 Å². The number of carbonyl (C=O) groups excluding carboxylic acids is 1. The molecule has 1 amide bonds. The Bertz CT molecular complexity index is 577. The van der Waals surface area contributed by atoms with Crippen LogP contribution in [0.1, 0.15) is 18.1 Å². The quantitative estimate of drug-likeness (QED) is 0.821. The second kappa shape index (κ2) is 7.33. The molecule has 0 fully saturated rings. The van der Waals surface area contributed by atoms with Crippen molar-refractivity contribution in [3.8, 4) is 5.75 Å². The fourth-order valence-electron chi connectivity index (χ4n) is 1.92. The van der Waals surface area contributed by atoms with Gasteiger partial charge in [-0.3, -0.25) is 4.79 Å². The highest BCUT2D eigenvalue weighted by Gasteiger charge is 1.99. The van der Waals surface area contributed by atoms with Crippen molar-refractivity contribution in [2.75, 3.05) is 11.9 Å². The Labute approximate surface area is 124 Å². The molecule has 0 aliphatic rings. The molecule has 4 heteroatoms. The van der Waals surface area contributed by atoms with Gasteiger partial charge in [-0.25, -0.2) is 0 Å². The topological polar surface area (TPSA) is 64.3 Å². The zero-order valence-electron chi connectivity index (χ0n) is 12.1. The van der Waals surface area contributed by atoms with Crippen LogP contribution in [0.25, 0.3) is 0 Å². The zero-order chi connectivity index (χ0) is 15.1. The zero-order valence-corrected chi connectivity index (χ0v) is 12.1. The number of carbonyl (C=O) groups is 1. The minimum atomic E-state index is -0.476. The van der Waals surface area contributed by atoms with Gasteiger partial charge in [0.25, 0.3) is 5.91 Å². The SMILES string of the molecule is CCc1ccc(NCc2ccc(OCC(N)=O)cc2)cc1. The molecule has 3 N–H and O–H groups in total. The third-order valence-corrected chi connectivity index (χ3v) is 3.16. The standard InChI is InChI=1S/C17H20N2O2/c1-2-13-3-7-15(8-4-13)19-11-14-5-9-16(10-6-14)21-12-17(18)20/h3-10,19H,2,11-12H2,1H3,(H2,18,20). The van der Waals surface area contributed by atoms with Gasteiger partial charge in [0.2, 0.25) is 0 Å². The normalized spacial score (nSPS) is 10.1. The molecular formula is C17H20N2O2. The number of ether oxygens (including phenoxy) is 1. The number of benzene rings is 2. The van der Waals surface area contributed by atoms with Gasteiger partial charge in [0.05, 0.1) is 0 Å². The minimum absolute atomic E-state index is 0.0959. The van der Waals surface area contributed by atoms with E-state index in [1.54, 1.807) is 0 Å². The Hall–Kier alpha value is -2.49. The van der Waals surface area contributed by atoms with Crippen LogP contribution in [0, 0.1) is 0 Å². The average Bonchev–Trinajstić information content (AvgIpc) is 2.52. The number of hydrogen-bond donors (Lipinski definition) is 2. The Kier molecular flexibility index (Phi) is 5.21. The van der Waals surface area contributed by atoms with Crippen LogP contribution in [-0.2, 0) is 17.8 Å². The molecule has 0 radical (unpaired) electrons. The minimum Gasteiger partial charge on any atom is -0.484 e. The fourth-order valence-corrected chi connectivity index (χ4v) is 1.92. The number of rotatable bonds is 7. The highest BCUT2D eigenvalue weighted by molar-refractivity contribution is 5.75. The molecule has 0 saturated carbocycles. The van der Waals surface area contributed by atoms with Gasteiger partial charge < -0.3 is 15.8 Å². The van der Waals surface area contributed by atoms with Gasteiger partial charge >= 0.3 is 0 Å². The molecule has 0 aliphatic carbocycles. The van der Waals surface area contributed by atoms with Crippen LogP contribution < -0.4 is 15.8 Å². The predicted molar refractivity (Wildman–Crippen MR) is 84.3 cm³/mol. The number of nitrogens with two attached hydrogens (primary N) is 1. The summed E-state index contributed by atoms with van der Waals surface area (Å²) in [7, 11) is 0. The molecule has 2 rings (SSSR count). The van der Waals surface area contributed by atoms with E-state index >= 15 is 0 Å². The number of amides is 1. The van der Waals surface area contributed by atoms with Crippen LogP contribution in [0.4, 0.5) is 5.69 Å². The second-order valence-corrected chi connectivity index (χ2v) is 4.80. The summed E-state index contributed by atoms with van der Waals surface area (Å²) >= 11 is 0. The van der Waals surface area contributed by atoms with E-state index in [-0.39, 0.29) is 6.61 Å². The Morgan fingerprint density at radius 1 is 1.05 bits per heavy atom. The maximum Gasteiger partial charge on any atom is 0.255 e. The molecule has 0 aliphatic heterocycles. The molecule has 2 aromatic carbocycles. The van der Waals surface area contributed by atoms with Crippen LogP contribution in [0.5, 0.6) is 5.75 Å². The molecule has 0 aromatic heterocycles. The first-order valence-corrected chi connectivity index (χ1v) is 7.00. The summed E-state index contributed by atoms with van der Waals surface area (Å²) in [6, 6.07) is 16.0. The smallest absolute Gasteiger partial charge is 0.255 e. The van der Waals surface area contributed by atoms with Crippen molar-refractivity contribution in [3.05, 3.63) is 59.7 Å². The number of anilines is 1. The van der Waals surface area contributed by atoms with Gasteiger partial charge in [0.15, 0.2) is 6.61 Å². The van der Waals surface area contributed by atoms with Crippen molar-refractivity contribution in [2.24, 2.45) is 5.73 Å². The number of primary amides is 1. The first kappa shape index (κ1) is 14.9. The van der Waals surface area contributed by atoms with E-state index in [1.165, 1.54) is 5.56 Å². The lowest BCUT2D eigenvalue weighted by Gasteiger charge is -2.08. The molecule has 4 nitrogen and oxygen atoms in total. The summed E-state index contributed by atoms with van der Waals surface area (Å²) in [5.41, 5.74) is 8.60.